The summed E-state index contributed by atoms with van der Waals surface area (Å²) in [5, 5.41) is 9.55. The van der Waals surface area contributed by atoms with Crippen molar-refractivity contribution in [1.29, 1.82) is 0 Å². The molecule has 0 aromatic rings. The van der Waals surface area contributed by atoms with Gasteiger partial charge in [0.15, 0.2) is 6.29 Å². The smallest absolute Gasteiger partial charge is 0.156 e. The zero-order chi connectivity index (χ0) is 11.8. The maximum Gasteiger partial charge on any atom is 0.156 e. The number of nitrogens with zero attached hydrogens (tertiary/aromatic N) is 1. The van der Waals surface area contributed by atoms with E-state index in [2.05, 4.69) is 0 Å². The Morgan fingerprint density at radius 2 is 2.07 bits per heavy atom. The maximum atomic E-state index is 10.9. The standard InChI is InChI=1S/C11H23NO3/c1-5-10(8-9(2)13)15-11(14)6-7-12(3)4/h10-11,14H,5-8H2,1-4H3/t10-,11?/m0/s1. The van der Waals surface area contributed by atoms with Gasteiger partial charge in [-0.05, 0) is 27.4 Å². The summed E-state index contributed by atoms with van der Waals surface area (Å²) in [4.78, 5) is 12.9. The van der Waals surface area contributed by atoms with Crippen molar-refractivity contribution in [3.63, 3.8) is 0 Å². The van der Waals surface area contributed by atoms with Gasteiger partial charge >= 0.3 is 0 Å². The summed E-state index contributed by atoms with van der Waals surface area (Å²) < 4.78 is 5.37. The number of aliphatic hydroxyl groups is 1. The van der Waals surface area contributed by atoms with Gasteiger partial charge in [0.05, 0.1) is 6.10 Å². The Hall–Kier alpha value is -0.450. The van der Waals surface area contributed by atoms with Crippen LogP contribution < -0.4 is 0 Å². The Kier molecular flexibility index (Phi) is 7.56. The minimum Gasteiger partial charge on any atom is -0.368 e. The Morgan fingerprint density at radius 1 is 1.47 bits per heavy atom. The van der Waals surface area contributed by atoms with Crippen LogP contribution in [0.25, 0.3) is 0 Å². The lowest BCUT2D eigenvalue weighted by Crippen LogP contribution is -2.27. The number of carbonyl (C=O) groups excluding carboxylic acids is 1. The van der Waals surface area contributed by atoms with E-state index in [0.717, 1.165) is 13.0 Å². The second-order valence-corrected chi connectivity index (χ2v) is 4.12. The molecule has 0 fully saturated rings. The fraction of sp³-hybridized carbons (Fsp3) is 0.909. The van der Waals surface area contributed by atoms with Crippen molar-refractivity contribution in [2.24, 2.45) is 0 Å². The van der Waals surface area contributed by atoms with Crippen LogP contribution in [-0.4, -0.2) is 48.8 Å². The van der Waals surface area contributed by atoms with Crippen molar-refractivity contribution in [2.75, 3.05) is 20.6 Å². The Balaban J connectivity index is 3.79. The van der Waals surface area contributed by atoms with Crippen LogP contribution in [0.5, 0.6) is 0 Å². The van der Waals surface area contributed by atoms with E-state index in [1.807, 2.05) is 25.9 Å². The second-order valence-electron chi connectivity index (χ2n) is 4.12. The van der Waals surface area contributed by atoms with Crippen molar-refractivity contribution in [3.8, 4) is 0 Å². The van der Waals surface area contributed by atoms with Crippen LogP contribution in [0.1, 0.15) is 33.1 Å². The summed E-state index contributed by atoms with van der Waals surface area (Å²) >= 11 is 0. The van der Waals surface area contributed by atoms with Crippen molar-refractivity contribution in [2.45, 2.75) is 45.5 Å². The van der Waals surface area contributed by atoms with Gasteiger partial charge in [0.1, 0.15) is 5.78 Å². The summed E-state index contributed by atoms with van der Waals surface area (Å²) in [6, 6.07) is 0. The van der Waals surface area contributed by atoms with Crippen LogP contribution in [0.3, 0.4) is 0 Å². The minimum atomic E-state index is -0.767. The molecule has 1 unspecified atom stereocenters. The number of Topliss-reactive ketones (excluding diaryl/α,β-unsaturated/α-hetero) is 1. The van der Waals surface area contributed by atoms with Gasteiger partial charge in [-0.15, -0.1) is 0 Å². The van der Waals surface area contributed by atoms with Crippen LogP contribution in [0.2, 0.25) is 0 Å². The lowest BCUT2D eigenvalue weighted by Gasteiger charge is -2.20. The summed E-state index contributed by atoms with van der Waals surface area (Å²) in [5.74, 6) is 0.0988. The van der Waals surface area contributed by atoms with Gasteiger partial charge in [0.2, 0.25) is 0 Å². The number of hydrogen-bond acceptors (Lipinski definition) is 4. The van der Waals surface area contributed by atoms with E-state index in [0.29, 0.717) is 12.8 Å². The number of ether oxygens (including phenoxy) is 1. The van der Waals surface area contributed by atoms with E-state index < -0.39 is 6.29 Å². The molecule has 0 radical (unpaired) electrons. The fourth-order valence-corrected chi connectivity index (χ4v) is 1.27. The SMILES string of the molecule is CC[C@@H](CC(C)=O)OC(O)CCN(C)C. The Morgan fingerprint density at radius 3 is 2.47 bits per heavy atom. The highest BCUT2D eigenvalue weighted by atomic mass is 16.6. The van der Waals surface area contributed by atoms with Crippen molar-refractivity contribution < 1.29 is 14.6 Å². The van der Waals surface area contributed by atoms with Crippen LogP contribution in [0, 0.1) is 0 Å². The summed E-state index contributed by atoms with van der Waals surface area (Å²) in [7, 11) is 3.89. The van der Waals surface area contributed by atoms with Gasteiger partial charge in [-0.1, -0.05) is 6.92 Å². The van der Waals surface area contributed by atoms with Gasteiger partial charge in [0.25, 0.3) is 0 Å². The number of ketones is 1. The average molecular weight is 217 g/mol. The Labute approximate surface area is 92.2 Å². The first-order valence-electron chi connectivity index (χ1n) is 5.43. The molecule has 0 bridgehead atoms. The molecule has 0 aromatic carbocycles. The highest BCUT2D eigenvalue weighted by molar-refractivity contribution is 5.75. The molecule has 0 aliphatic rings. The summed E-state index contributed by atoms with van der Waals surface area (Å²) in [6.07, 6.45) is 0.784. The molecule has 0 amide bonds. The minimum absolute atomic E-state index is 0.0988. The number of aliphatic hydroxyl groups excluding tert-OH is 1. The first-order valence-corrected chi connectivity index (χ1v) is 5.43. The monoisotopic (exact) mass is 217 g/mol. The van der Waals surface area contributed by atoms with E-state index in [9.17, 15) is 9.90 Å². The predicted octanol–water partition coefficient (Wildman–Crippen LogP) is 1.03. The third-order valence-corrected chi connectivity index (χ3v) is 2.14. The zero-order valence-electron chi connectivity index (χ0n) is 10.2. The largest absolute Gasteiger partial charge is 0.368 e. The molecule has 15 heavy (non-hydrogen) atoms. The first kappa shape index (κ1) is 14.6. The number of rotatable bonds is 8. The molecular weight excluding hydrogens is 194 g/mol. The van der Waals surface area contributed by atoms with E-state index >= 15 is 0 Å². The van der Waals surface area contributed by atoms with E-state index in [-0.39, 0.29) is 11.9 Å². The molecule has 0 aliphatic carbocycles. The number of carbonyl (C=O) groups is 1. The lowest BCUT2D eigenvalue weighted by atomic mass is 10.1. The van der Waals surface area contributed by atoms with Gasteiger partial charge < -0.3 is 14.7 Å². The van der Waals surface area contributed by atoms with Crippen molar-refractivity contribution >= 4 is 5.78 Å². The van der Waals surface area contributed by atoms with Gasteiger partial charge in [0, 0.05) is 19.4 Å². The molecule has 0 saturated carbocycles. The second kappa shape index (κ2) is 7.79. The molecule has 1 N–H and O–H groups in total. The van der Waals surface area contributed by atoms with Gasteiger partial charge in [-0.25, -0.2) is 0 Å². The quantitative estimate of drug-likeness (QED) is 0.617. The topological polar surface area (TPSA) is 49.8 Å². The molecule has 0 aliphatic heterocycles. The first-order chi connectivity index (χ1) is 6.95. The van der Waals surface area contributed by atoms with E-state index in [1.165, 1.54) is 6.92 Å². The normalized spacial score (nSPS) is 15.3. The molecule has 90 valence electrons. The van der Waals surface area contributed by atoms with Gasteiger partial charge in [-0.3, -0.25) is 4.79 Å². The lowest BCUT2D eigenvalue weighted by molar-refractivity contribution is -0.148. The van der Waals surface area contributed by atoms with E-state index in [1.54, 1.807) is 0 Å². The van der Waals surface area contributed by atoms with Crippen LogP contribution in [0.15, 0.2) is 0 Å². The van der Waals surface area contributed by atoms with Crippen LogP contribution in [0.4, 0.5) is 0 Å². The number of hydrogen-bond donors (Lipinski definition) is 1. The highest BCUT2D eigenvalue weighted by Gasteiger charge is 2.14. The van der Waals surface area contributed by atoms with Crippen LogP contribution >= 0.6 is 0 Å². The van der Waals surface area contributed by atoms with E-state index in [4.69, 9.17) is 4.74 Å². The average Bonchev–Trinajstić information content (AvgIpc) is 2.13. The Bertz CT molecular complexity index is 183. The molecule has 4 nitrogen and oxygen atoms in total. The molecule has 0 heterocycles. The third kappa shape index (κ3) is 8.54. The van der Waals surface area contributed by atoms with Crippen LogP contribution in [-0.2, 0) is 9.53 Å². The maximum absolute atomic E-state index is 10.9. The molecule has 0 spiro atoms. The summed E-state index contributed by atoms with van der Waals surface area (Å²) in [6.45, 7) is 4.27. The molecular formula is C11H23NO3. The predicted molar refractivity (Wildman–Crippen MR) is 59.6 cm³/mol. The molecule has 4 heteroatoms. The van der Waals surface area contributed by atoms with Gasteiger partial charge in [-0.2, -0.15) is 0 Å². The van der Waals surface area contributed by atoms with Crippen molar-refractivity contribution in [3.05, 3.63) is 0 Å². The molecule has 2 atom stereocenters. The molecule has 0 aromatic heterocycles. The molecule has 0 rings (SSSR count). The highest BCUT2D eigenvalue weighted by Crippen LogP contribution is 2.08. The van der Waals surface area contributed by atoms with Crippen molar-refractivity contribution in [1.82, 2.24) is 4.90 Å². The zero-order valence-corrected chi connectivity index (χ0v) is 10.2. The molecule has 0 saturated heterocycles. The fourth-order valence-electron chi connectivity index (χ4n) is 1.27. The third-order valence-electron chi connectivity index (χ3n) is 2.14. The summed E-state index contributed by atoms with van der Waals surface area (Å²) in [5.41, 5.74) is 0.